The van der Waals surface area contributed by atoms with Crippen LogP contribution in [-0.4, -0.2) is 23.0 Å². The van der Waals surface area contributed by atoms with Gasteiger partial charge in [0, 0.05) is 18.1 Å². The third-order valence-corrected chi connectivity index (χ3v) is 5.12. The van der Waals surface area contributed by atoms with Gasteiger partial charge in [-0.15, -0.1) is 0 Å². The molecular formula is C15H29N. The number of fused-ring (bicyclic) bond motifs is 1. The predicted octanol–water partition coefficient (Wildman–Crippen LogP) is 3.93. The van der Waals surface area contributed by atoms with Gasteiger partial charge in [0.1, 0.15) is 0 Å². The lowest BCUT2D eigenvalue weighted by molar-refractivity contribution is 0.0604. The van der Waals surface area contributed by atoms with Crippen LogP contribution in [0.25, 0.3) is 0 Å². The fourth-order valence-corrected chi connectivity index (χ4v) is 3.50. The van der Waals surface area contributed by atoms with Crippen LogP contribution in [0.15, 0.2) is 0 Å². The minimum atomic E-state index is 0.430. The average Bonchev–Trinajstić information content (AvgIpc) is 2.67. The summed E-state index contributed by atoms with van der Waals surface area (Å²) in [6.07, 6.45) is 2.86. The summed E-state index contributed by atoms with van der Waals surface area (Å²) in [5.74, 6) is 0.771. The molecule has 2 fully saturated rings. The second kappa shape index (κ2) is 3.48. The van der Waals surface area contributed by atoms with Crippen LogP contribution in [0.4, 0.5) is 0 Å². The molecule has 1 saturated carbocycles. The van der Waals surface area contributed by atoms with E-state index in [1.165, 1.54) is 12.8 Å². The van der Waals surface area contributed by atoms with Crippen molar-refractivity contribution in [2.45, 2.75) is 79.4 Å². The van der Waals surface area contributed by atoms with Gasteiger partial charge in [-0.3, -0.25) is 4.90 Å². The molecular weight excluding hydrogens is 194 g/mol. The Kier molecular flexibility index (Phi) is 2.70. The maximum Gasteiger partial charge on any atom is 0.0162 e. The van der Waals surface area contributed by atoms with Crippen LogP contribution in [0.5, 0.6) is 0 Å². The molecule has 0 spiro atoms. The van der Waals surface area contributed by atoms with E-state index >= 15 is 0 Å². The monoisotopic (exact) mass is 223 g/mol. The number of rotatable bonds is 2. The van der Waals surface area contributed by atoms with Gasteiger partial charge in [0.05, 0.1) is 0 Å². The smallest absolute Gasteiger partial charge is 0.0162 e. The van der Waals surface area contributed by atoms with E-state index in [1.807, 2.05) is 0 Å². The van der Waals surface area contributed by atoms with Crippen LogP contribution in [0, 0.1) is 16.7 Å². The molecule has 0 bridgehead atoms. The largest absolute Gasteiger partial charge is 0.293 e. The van der Waals surface area contributed by atoms with Gasteiger partial charge in [0.15, 0.2) is 0 Å². The second-order valence-corrected chi connectivity index (χ2v) is 7.89. The minimum Gasteiger partial charge on any atom is -0.293 e. The normalized spacial score (nSPS) is 41.2. The molecule has 0 amide bonds. The van der Waals surface area contributed by atoms with E-state index in [-0.39, 0.29) is 0 Å². The molecule has 0 N–H and O–H groups in total. The lowest BCUT2D eigenvalue weighted by atomic mass is 9.81. The molecule has 16 heavy (non-hydrogen) atoms. The third-order valence-electron chi connectivity index (χ3n) is 5.12. The zero-order valence-electron chi connectivity index (χ0n) is 12.2. The Hall–Kier alpha value is -0.0400. The zero-order chi connectivity index (χ0) is 12.3. The highest BCUT2D eigenvalue weighted by Gasteiger charge is 2.63. The van der Waals surface area contributed by atoms with Crippen molar-refractivity contribution in [2.75, 3.05) is 0 Å². The van der Waals surface area contributed by atoms with Crippen molar-refractivity contribution in [1.82, 2.24) is 4.90 Å². The van der Waals surface area contributed by atoms with Crippen molar-refractivity contribution in [3.63, 3.8) is 0 Å². The number of hydrogen-bond donors (Lipinski definition) is 0. The Morgan fingerprint density at radius 2 is 1.69 bits per heavy atom. The lowest BCUT2D eigenvalue weighted by Gasteiger charge is -2.42. The number of likely N-dealkylation sites (tertiary alicyclic amines) is 1. The first kappa shape index (κ1) is 12.4. The molecule has 1 heteroatoms. The van der Waals surface area contributed by atoms with E-state index in [0.717, 1.165) is 24.0 Å². The molecule has 0 aromatic rings. The van der Waals surface area contributed by atoms with Crippen LogP contribution in [0.2, 0.25) is 0 Å². The van der Waals surface area contributed by atoms with Crippen LogP contribution in [0.1, 0.15) is 61.3 Å². The zero-order valence-corrected chi connectivity index (χ0v) is 12.2. The Morgan fingerprint density at radius 3 is 2.12 bits per heavy atom. The van der Waals surface area contributed by atoms with Gasteiger partial charge >= 0.3 is 0 Å². The molecule has 0 aromatic carbocycles. The molecule has 1 nitrogen and oxygen atoms in total. The van der Waals surface area contributed by atoms with Crippen molar-refractivity contribution < 1.29 is 0 Å². The number of hydrogen-bond acceptors (Lipinski definition) is 1. The summed E-state index contributed by atoms with van der Waals surface area (Å²) in [5, 5.41) is 0. The molecule has 1 unspecified atom stereocenters. The Morgan fingerprint density at radius 1 is 1.12 bits per heavy atom. The van der Waals surface area contributed by atoms with Gasteiger partial charge in [0.2, 0.25) is 0 Å². The van der Waals surface area contributed by atoms with Crippen LogP contribution in [-0.2, 0) is 0 Å². The van der Waals surface area contributed by atoms with Crippen molar-refractivity contribution >= 4 is 0 Å². The van der Waals surface area contributed by atoms with E-state index < -0.39 is 0 Å². The highest BCUT2D eigenvalue weighted by molar-refractivity contribution is 5.17. The first-order valence-electron chi connectivity index (χ1n) is 6.94. The molecule has 4 atom stereocenters. The Labute approximate surface area is 102 Å². The standard InChI is InChI=1S/C15H29N/c1-10(2)11(3)16-12(14(4,5)6)8-15(7)9-13(15)16/h10-13H,8-9H2,1-7H3/t11?,12-,13+,15-/m0/s1. The average molecular weight is 223 g/mol. The van der Waals surface area contributed by atoms with Crippen LogP contribution in [0.3, 0.4) is 0 Å². The fourth-order valence-electron chi connectivity index (χ4n) is 3.50. The summed E-state index contributed by atoms with van der Waals surface area (Å²) in [6, 6.07) is 2.40. The molecule has 94 valence electrons. The highest BCUT2D eigenvalue weighted by Crippen LogP contribution is 2.62. The van der Waals surface area contributed by atoms with E-state index in [0.29, 0.717) is 10.8 Å². The van der Waals surface area contributed by atoms with Gasteiger partial charge in [-0.1, -0.05) is 41.5 Å². The van der Waals surface area contributed by atoms with Crippen molar-refractivity contribution in [3.8, 4) is 0 Å². The van der Waals surface area contributed by atoms with E-state index in [2.05, 4.69) is 53.4 Å². The summed E-state index contributed by atoms with van der Waals surface area (Å²) in [6.45, 7) is 16.9. The fraction of sp³-hybridized carbons (Fsp3) is 1.00. The van der Waals surface area contributed by atoms with Crippen molar-refractivity contribution in [3.05, 3.63) is 0 Å². The number of piperidine rings is 1. The van der Waals surface area contributed by atoms with E-state index in [9.17, 15) is 0 Å². The number of nitrogens with zero attached hydrogens (tertiary/aromatic N) is 1. The molecule has 2 rings (SSSR count). The molecule has 1 aliphatic carbocycles. The van der Waals surface area contributed by atoms with E-state index in [4.69, 9.17) is 0 Å². The lowest BCUT2D eigenvalue weighted by Crippen LogP contribution is -2.48. The predicted molar refractivity (Wildman–Crippen MR) is 70.5 cm³/mol. The summed E-state index contributed by atoms with van der Waals surface area (Å²) in [7, 11) is 0. The molecule has 1 aliphatic heterocycles. The van der Waals surface area contributed by atoms with Crippen LogP contribution >= 0.6 is 0 Å². The minimum absolute atomic E-state index is 0.430. The SMILES string of the molecule is CC(C)C(C)N1[C@H](C(C)(C)C)C[C@@]2(C)C[C@@H]12. The van der Waals surface area contributed by atoms with Crippen molar-refractivity contribution in [2.24, 2.45) is 16.7 Å². The first-order valence-corrected chi connectivity index (χ1v) is 6.94. The summed E-state index contributed by atoms with van der Waals surface area (Å²) in [4.78, 5) is 2.85. The molecule has 2 aliphatic rings. The highest BCUT2D eigenvalue weighted by atomic mass is 15.3. The first-order chi connectivity index (χ1) is 7.17. The van der Waals surface area contributed by atoms with Gasteiger partial charge < -0.3 is 0 Å². The van der Waals surface area contributed by atoms with Gasteiger partial charge in [0.25, 0.3) is 0 Å². The molecule has 0 radical (unpaired) electrons. The summed E-state index contributed by atoms with van der Waals surface area (Å²) in [5.41, 5.74) is 1.08. The summed E-state index contributed by atoms with van der Waals surface area (Å²) >= 11 is 0. The molecule has 0 aromatic heterocycles. The topological polar surface area (TPSA) is 3.24 Å². The van der Waals surface area contributed by atoms with Gasteiger partial charge in [-0.2, -0.15) is 0 Å². The summed E-state index contributed by atoms with van der Waals surface area (Å²) < 4.78 is 0. The Bertz CT molecular complexity index is 276. The van der Waals surface area contributed by atoms with E-state index in [1.54, 1.807) is 0 Å². The molecule has 1 saturated heterocycles. The third kappa shape index (κ3) is 1.81. The Balaban J connectivity index is 2.20. The van der Waals surface area contributed by atoms with Crippen LogP contribution < -0.4 is 0 Å². The van der Waals surface area contributed by atoms with Gasteiger partial charge in [-0.25, -0.2) is 0 Å². The maximum atomic E-state index is 2.85. The molecule has 1 heterocycles. The second-order valence-electron chi connectivity index (χ2n) is 7.89. The van der Waals surface area contributed by atoms with Crippen molar-refractivity contribution in [1.29, 1.82) is 0 Å². The van der Waals surface area contributed by atoms with Gasteiger partial charge in [-0.05, 0) is 36.5 Å². The maximum absolute atomic E-state index is 2.85. The quantitative estimate of drug-likeness (QED) is 0.685.